The molecular weight excluding hydrogens is 236 g/mol. The van der Waals surface area contributed by atoms with Crippen molar-refractivity contribution in [3.63, 3.8) is 0 Å². The largest absolute Gasteiger partial charge is 0.399 e. The van der Waals surface area contributed by atoms with Crippen molar-refractivity contribution in [2.45, 2.75) is 38.1 Å². The molecule has 1 saturated carbocycles. The molecule has 0 heterocycles. The third-order valence-electron chi connectivity index (χ3n) is 3.54. The molecule has 0 aliphatic heterocycles. The SMILES string of the molecule is CCC1(NC(=O)c2ccc(N)cc2)CCC1.Cl. The summed E-state index contributed by atoms with van der Waals surface area (Å²) in [5, 5.41) is 3.14. The highest BCUT2D eigenvalue weighted by Gasteiger charge is 2.36. The Balaban J connectivity index is 0.00000144. The van der Waals surface area contributed by atoms with Gasteiger partial charge >= 0.3 is 0 Å². The lowest BCUT2D eigenvalue weighted by molar-refractivity contribution is 0.0820. The monoisotopic (exact) mass is 254 g/mol. The van der Waals surface area contributed by atoms with Gasteiger partial charge in [-0.1, -0.05) is 6.92 Å². The second kappa shape index (κ2) is 5.41. The topological polar surface area (TPSA) is 55.1 Å². The molecule has 0 saturated heterocycles. The molecule has 1 fully saturated rings. The van der Waals surface area contributed by atoms with Gasteiger partial charge in [0.2, 0.25) is 0 Å². The van der Waals surface area contributed by atoms with E-state index in [-0.39, 0.29) is 23.9 Å². The fourth-order valence-electron chi connectivity index (χ4n) is 2.12. The van der Waals surface area contributed by atoms with Crippen molar-refractivity contribution in [2.75, 3.05) is 5.73 Å². The average molecular weight is 255 g/mol. The van der Waals surface area contributed by atoms with Crippen molar-refractivity contribution in [1.29, 1.82) is 0 Å². The highest BCUT2D eigenvalue weighted by Crippen LogP contribution is 2.34. The summed E-state index contributed by atoms with van der Waals surface area (Å²) in [6.07, 6.45) is 4.43. The predicted molar refractivity (Wildman–Crippen MR) is 72.4 cm³/mol. The van der Waals surface area contributed by atoms with Crippen LogP contribution < -0.4 is 11.1 Å². The van der Waals surface area contributed by atoms with E-state index < -0.39 is 0 Å². The molecule has 0 bridgehead atoms. The molecule has 3 N–H and O–H groups in total. The van der Waals surface area contributed by atoms with Crippen LogP contribution in [0.25, 0.3) is 0 Å². The lowest BCUT2D eigenvalue weighted by atomic mass is 9.74. The van der Waals surface area contributed by atoms with E-state index in [0.29, 0.717) is 11.3 Å². The first-order chi connectivity index (χ1) is 7.65. The van der Waals surface area contributed by atoms with Crippen LogP contribution in [0.15, 0.2) is 24.3 Å². The van der Waals surface area contributed by atoms with Crippen LogP contribution in [0.3, 0.4) is 0 Å². The highest BCUT2D eigenvalue weighted by molar-refractivity contribution is 5.95. The van der Waals surface area contributed by atoms with Gasteiger partial charge in [-0.2, -0.15) is 0 Å². The number of rotatable bonds is 3. The minimum atomic E-state index is 0. The Morgan fingerprint density at radius 1 is 1.35 bits per heavy atom. The van der Waals surface area contributed by atoms with Gasteiger partial charge in [0.15, 0.2) is 0 Å². The number of anilines is 1. The summed E-state index contributed by atoms with van der Waals surface area (Å²) in [5.74, 6) is 0.0153. The molecule has 4 heteroatoms. The van der Waals surface area contributed by atoms with Crippen LogP contribution in [-0.2, 0) is 0 Å². The third kappa shape index (κ3) is 2.91. The zero-order valence-corrected chi connectivity index (χ0v) is 10.8. The quantitative estimate of drug-likeness (QED) is 0.815. The maximum atomic E-state index is 12.0. The number of nitrogens with two attached hydrogens (primary N) is 1. The van der Waals surface area contributed by atoms with Crippen LogP contribution in [0, 0.1) is 0 Å². The van der Waals surface area contributed by atoms with Gasteiger partial charge in [-0.25, -0.2) is 0 Å². The molecule has 94 valence electrons. The van der Waals surface area contributed by atoms with Crippen molar-refractivity contribution in [1.82, 2.24) is 5.32 Å². The Hall–Kier alpha value is -1.22. The molecule has 1 amide bonds. The molecule has 0 atom stereocenters. The lowest BCUT2D eigenvalue weighted by Gasteiger charge is -2.42. The summed E-state index contributed by atoms with van der Waals surface area (Å²) < 4.78 is 0. The maximum Gasteiger partial charge on any atom is 0.251 e. The van der Waals surface area contributed by atoms with Gasteiger partial charge in [-0.05, 0) is 49.9 Å². The van der Waals surface area contributed by atoms with Crippen LogP contribution in [-0.4, -0.2) is 11.4 Å². The number of halogens is 1. The number of nitrogens with one attached hydrogen (secondary N) is 1. The van der Waals surface area contributed by atoms with Crippen molar-refractivity contribution in [3.8, 4) is 0 Å². The summed E-state index contributed by atoms with van der Waals surface area (Å²) in [7, 11) is 0. The first-order valence-electron chi connectivity index (χ1n) is 5.83. The van der Waals surface area contributed by atoms with Crippen LogP contribution in [0.1, 0.15) is 43.0 Å². The number of amides is 1. The van der Waals surface area contributed by atoms with Gasteiger partial charge in [-0.15, -0.1) is 12.4 Å². The number of nitrogen functional groups attached to an aromatic ring is 1. The molecule has 1 aliphatic rings. The molecule has 1 aromatic carbocycles. The fraction of sp³-hybridized carbons (Fsp3) is 0.462. The maximum absolute atomic E-state index is 12.0. The number of carbonyl (C=O) groups excluding carboxylic acids is 1. The summed E-state index contributed by atoms with van der Waals surface area (Å²) in [6.45, 7) is 2.13. The van der Waals surface area contributed by atoms with E-state index in [2.05, 4.69) is 12.2 Å². The van der Waals surface area contributed by atoms with E-state index in [4.69, 9.17) is 5.73 Å². The molecule has 2 rings (SSSR count). The first kappa shape index (κ1) is 13.8. The van der Waals surface area contributed by atoms with Gasteiger partial charge in [0, 0.05) is 16.8 Å². The van der Waals surface area contributed by atoms with Crippen molar-refractivity contribution >= 4 is 24.0 Å². The Labute approximate surface area is 108 Å². The van der Waals surface area contributed by atoms with Crippen LogP contribution in [0.5, 0.6) is 0 Å². The lowest BCUT2D eigenvalue weighted by Crippen LogP contribution is -2.52. The van der Waals surface area contributed by atoms with Crippen molar-refractivity contribution < 1.29 is 4.79 Å². The summed E-state index contributed by atoms with van der Waals surface area (Å²) in [6, 6.07) is 7.06. The van der Waals surface area contributed by atoms with Gasteiger partial charge < -0.3 is 11.1 Å². The molecule has 0 aromatic heterocycles. The van der Waals surface area contributed by atoms with E-state index >= 15 is 0 Å². The van der Waals surface area contributed by atoms with E-state index in [1.807, 2.05) is 0 Å². The number of hydrogen-bond acceptors (Lipinski definition) is 2. The van der Waals surface area contributed by atoms with E-state index in [1.54, 1.807) is 24.3 Å². The Bertz CT molecular complexity index is 379. The molecule has 0 radical (unpaired) electrons. The molecular formula is C13H19ClN2O. The van der Waals surface area contributed by atoms with Crippen molar-refractivity contribution in [2.24, 2.45) is 0 Å². The van der Waals surface area contributed by atoms with Gasteiger partial charge in [-0.3, -0.25) is 4.79 Å². The number of benzene rings is 1. The minimum Gasteiger partial charge on any atom is -0.399 e. The molecule has 1 aliphatic carbocycles. The summed E-state index contributed by atoms with van der Waals surface area (Å²) in [5.41, 5.74) is 7.01. The van der Waals surface area contributed by atoms with Gasteiger partial charge in [0.05, 0.1) is 0 Å². The van der Waals surface area contributed by atoms with Crippen LogP contribution in [0.2, 0.25) is 0 Å². The minimum absolute atomic E-state index is 0. The molecule has 0 unspecified atom stereocenters. The molecule has 1 aromatic rings. The Kier molecular flexibility index (Phi) is 4.40. The smallest absolute Gasteiger partial charge is 0.251 e. The summed E-state index contributed by atoms with van der Waals surface area (Å²) >= 11 is 0. The fourth-order valence-corrected chi connectivity index (χ4v) is 2.12. The Morgan fingerprint density at radius 2 is 1.94 bits per heavy atom. The third-order valence-corrected chi connectivity index (χ3v) is 3.54. The second-order valence-corrected chi connectivity index (χ2v) is 4.56. The first-order valence-corrected chi connectivity index (χ1v) is 5.83. The van der Waals surface area contributed by atoms with Gasteiger partial charge in [0.1, 0.15) is 0 Å². The number of hydrogen-bond donors (Lipinski definition) is 2. The Morgan fingerprint density at radius 3 is 2.35 bits per heavy atom. The molecule has 3 nitrogen and oxygen atoms in total. The molecule has 17 heavy (non-hydrogen) atoms. The normalized spacial score (nSPS) is 16.5. The standard InChI is InChI=1S/C13H18N2O.ClH/c1-2-13(8-3-9-13)15-12(16)10-4-6-11(14)7-5-10;/h4-7H,2-3,8-9,14H2,1H3,(H,15,16);1H. The van der Waals surface area contributed by atoms with E-state index in [9.17, 15) is 4.79 Å². The van der Waals surface area contributed by atoms with Crippen molar-refractivity contribution in [3.05, 3.63) is 29.8 Å². The zero-order chi connectivity index (χ0) is 11.6. The van der Waals surface area contributed by atoms with E-state index in [1.165, 1.54) is 6.42 Å². The van der Waals surface area contributed by atoms with E-state index in [0.717, 1.165) is 19.3 Å². The molecule has 0 spiro atoms. The zero-order valence-electron chi connectivity index (χ0n) is 10.0. The summed E-state index contributed by atoms with van der Waals surface area (Å²) in [4.78, 5) is 12.0. The second-order valence-electron chi connectivity index (χ2n) is 4.56. The van der Waals surface area contributed by atoms with Crippen LogP contribution in [0.4, 0.5) is 5.69 Å². The average Bonchev–Trinajstić information content (AvgIpc) is 2.24. The highest BCUT2D eigenvalue weighted by atomic mass is 35.5. The van der Waals surface area contributed by atoms with Gasteiger partial charge in [0.25, 0.3) is 5.91 Å². The van der Waals surface area contributed by atoms with Crippen LogP contribution >= 0.6 is 12.4 Å². The predicted octanol–water partition coefficient (Wildman–Crippen LogP) is 2.75. The number of carbonyl (C=O) groups is 1.